The van der Waals surface area contributed by atoms with Crippen molar-refractivity contribution in [2.45, 2.75) is 51.0 Å². The summed E-state index contributed by atoms with van der Waals surface area (Å²) in [6.07, 6.45) is 8.95. The standard InChI is InChI=1S/C23H33N3O.2ClH/c27-23(22-14-8-10-19-9-4-5-13-21(19)22)26-16-7-6-15-24-17-18-25-20-11-2-1-3-12-20;;/h4-5,8-10,13-14,20,24-25H,1-3,6-7,11-12,15-18H2,(H,26,27);2*1H. The Labute approximate surface area is 187 Å². The largest absolute Gasteiger partial charge is 0.352 e. The van der Waals surface area contributed by atoms with Crippen molar-refractivity contribution in [3.63, 3.8) is 0 Å². The number of amides is 1. The first-order chi connectivity index (χ1) is 13.3. The molecule has 2 aromatic carbocycles. The van der Waals surface area contributed by atoms with E-state index in [9.17, 15) is 4.79 Å². The molecule has 3 rings (SSSR count). The lowest BCUT2D eigenvalue weighted by Gasteiger charge is -2.22. The van der Waals surface area contributed by atoms with Gasteiger partial charge in [-0.3, -0.25) is 4.79 Å². The third kappa shape index (κ3) is 8.51. The van der Waals surface area contributed by atoms with E-state index in [4.69, 9.17) is 0 Å². The highest BCUT2D eigenvalue weighted by atomic mass is 35.5. The zero-order valence-electron chi connectivity index (χ0n) is 17.1. The van der Waals surface area contributed by atoms with Crippen LogP contribution in [0.25, 0.3) is 10.8 Å². The molecule has 3 N–H and O–H groups in total. The molecule has 4 nitrogen and oxygen atoms in total. The first-order valence-corrected chi connectivity index (χ1v) is 10.5. The third-order valence-corrected chi connectivity index (χ3v) is 5.44. The zero-order valence-corrected chi connectivity index (χ0v) is 18.8. The summed E-state index contributed by atoms with van der Waals surface area (Å²) >= 11 is 0. The highest BCUT2D eigenvalue weighted by Gasteiger charge is 2.11. The summed E-state index contributed by atoms with van der Waals surface area (Å²) in [5.74, 6) is 0.0245. The van der Waals surface area contributed by atoms with Gasteiger partial charge in [-0.05, 0) is 49.1 Å². The molecule has 0 heterocycles. The predicted octanol–water partition coefficient (Wildman–Crippen LogP) is 4.71. The van der Waals surface area contributed by atoms with Crippen LogP contribution in [-0.4, -0.2) is 38.1 Å². The SMILES string of the molecule is Cl.Cl.O=C(NCCCCNCCNC1CCCCC1)c1cccc2ccccc12. The molecule has 1 fully saturated rings. The number of unbranched alkanes of at least 4 members (excludes halogenated alkanes) is 1. The molecule has 162 valence electrons. The number of hydrogen-bond acceptors (Lipinski definition) is 3. The summed E-state index contributed by atoms with van der Waals surface area (Å²) in [6.45, 7) is 3.82. The average Bonchev–Trinajstić information content (AvgIpc) is 2.72. The van der Waals surface area contributed by atoms with Crippen molar-refractivity contribution in [1.82, 2.24) is 16.0 Å². The third-order valence-electron chi connectivity index (χ3n) is 5.44. The summed E-state index contributed by atoms with van der Waals surface area (Å²) in [5, 5.41) is 12.3. The van der Waals surface area contributed by atoms with Crippen molar-refractivity contribution in [1.29, 1.82) is 0 Å². The van der Waals surface area contributed by atoms with E-state index >= 15 is 0 Å². The van der Waals surface area contributed by atoms with Gasteiger partial charge in [-0.1, -0.05) is 55.7 Å². The number of halogens is 2. The number of rotatable bonds is 10. The molecule has 1 saturated carbocycles. The Balaban J connectivity index is 0.00000210. The molecule has 0 aromatic heterocycles. The molecule has 0 bridgehead atoms. The highest BCUT2D eigenvalue weighted by molar-refractivity contribution is 6.06. The maximum absolute atomic E-state index is 12.4. The Bertz CT molecular complexity index is 715. The van der Waals surface area contributed by atoms with Gasteiger partial charge in [-0.2, -0.15) is 0 Å². The summed E-state index contributed by atoms with van der Waals surface area (Å²) in [7, 11) is 0. The molecule has 0 radical (unpaired) electrons. The molecule has 0 aliphatic heterocycles. The van der Waals surface area contributed by atoms with Crippen molar-refractivity contribution in [3.05, 3.63) is 48.0 Å². The van der Waals surface area contributed by atoms with Crippen molar-refractivity contribution in [2.75, 3.05) is 26.2 Å². The van der Waals surface area contributed by atoms with Crippen LogP contribution < -0.4 is 16.0 Å². The second-order valence-corrected chi connectivity index (χ2v) is 7.53. The lowest BCUT2D eigenvalue weighted by atomic mass is 9.95. The Kier molecular flexibility index (Phi) is 13.0. The number of carbonyl (C=O) groups is 1. The Morgan fingerprint density at radius 2 is 1.55 bits per heavy atom. The fourth-order valence-electron chi connectivity index (χ4n) is 3.89. The number of benzene rings is 2. The quantitative estimate of drug-likeness (QED) is 0.469. The molecular weight excluding hydrogens is 405 g/mol. The summed E-state index contributed by atoms with van der Waals surface area (Å²) in [4.78, 5) is 12.4. The molecule has 0 spiro atoms. The Morgan fingerprint density at radius 1 is 0.828 bits per heavy atom. The average molecular weight is 440 g/mol. The minimum absolute atomic E-state index is 0. The molecule has 0 saturated heterocycles. The fraction of sp³-hybridized carbons (Fsp3) is 0.522. The van der Waals surface area contributed by atoms with Gasteiger partial charge in [0.25, 0.3) is 5.91 Å². The van der Waals surface area contributed by atoms with E-state index < -0.39 is 0 Å². The molecule has 0 unspecified atom stereocenters. The van der Waals surface area contributed by atoms with Crippen LogP contribution in [0.5, 0.6) is 0 Å². The monoisotopic (exact) mass is 439 g/mol. The zero-order chi connectivity index (χ0) is 18.7. The van der Waals surface area contributed by atoms with Crippen LogP contribution in [0.15, 0.2) is 42.5 Å². The van der Waals surface area contributed by atoms with Gasteiger partial charge in [-0.15, -0.1) is 24.8 Å². The molecule has 29 heavy (non-hydrogen) atoms. The molecule has 0 atom stereocenters. The van der Waals surface area contributed by atoms with Gasteiger partial charge in [0.15, 0.2) is 0 Å². The second-order valence-electron chi connectivity index (χ2n) is 7.53. The molecule has 1 aliphatic rings. The van der Waals surface area contributed by atoms with Gasteiger partial charge in [0.1, 0.15) is 0 Å². The van der Waals surface area contributed by atoms with Gasteiger partial charge < -0.3 is 16.0 Å². The summed E-state index contributed by atoms with van der Waals surface area (Å²) in [5.41, 5.74) is 0.764. The van der Waals surface area contributed by atoms with Crippen LogP contribution >= 0.6 is 24.8 Å². The molecule has 6 heteroatoms. The lowest BCUT2D eigenvalue weighted by molar-refractivity contribution is 0.0954. The molecule has 1 aliphatic carbocycles. The van der Waals surface area contributed by atoms with E-state index in [-0.39, 0.29) is 30.7 Å². The van der Waals surface area contributed by atoms with Gasteiger partial charge in [0.2, 0.25) is 0 Å². The minimum Gasteiger partial charge on any atom is -0.352 e. The van der Waals surface area contributed by atoms with Crippen LogP contribution in [0.3, 0.4) is 0 Å². The van der Waals surface area contributed by atoms with Crippen molar-refractivity contribution in [3.8, 4) is 0 Å². The van der Waals surface area contributed by atoms with E-state index in [1.54, 1.807) is 0 Å². The van der Waals surface area contributed by atoms with Crippen molar-refractivity contribution in [2.24, 2.45) is 0 Å². The smallest absolute Gasteiger partial charge is 0.251 e. The Hall–Kier alpha value is -1.33. The van der Waals surface area contributed by atoms with E-state index in [1.807, 2.05) is 42.5 Å². The van der Waals surface area contributed by atoms with E-state index in [0.29, 0.717) is 0 Å². The normalized spacial score (nSPS) is 14.1. The van der Waals surface area contributed by atoms with Crippen molar-refractivity contribution >= 4 is 41.5 Å². The number of hydrogen-bond donors (Lipinski definition) is 3. The molecule has 1 amide bonds. The Morgan fingerprint density at radius 3 is 2.38 bits per heavy atom. The van der Waals surface area contributed by atoms with E-state index in [1.165, 1.54) is 32.1 Å². The first-order valence-electron chi connectivity index (χ1n) is 10.5. The first kappa shape index (κ1) is 25.7. The number of nitrogens with one attached hydrogen (secondary N) is 3. The van der Waals surface area contributed by atoms with Crippen LogP contribution in [-0.2, 0) is 0 Å². The predicted molar refractivity (Wildman–Crippen MR) is 128 cm³/mol. The van der Waals surface area contributed by atoms with Crippen molar-refractivity contribution < 1.29 is 4.79 Å². The van der Waals surface area contributed by atoms with E-state index in [2.05, 4.69) is 16.0 Å². The topological polar surface area (TPSA) is 53.2 Å². The maximum Gasteiger partial charge on any atom is 0.251 e. The number of fused-ring (bicyclic) bond motifs is 1. The van der Waals surface area contributed by atoms with Gasteiger partial charge in [-0.25, -0.2) is 0 Å². The summed E-state index contributed by atoms with van der Waals surface area (Å²) < 4.78 is 0. The minimum atomic E-state index is 0. The van der Waals surface area contributed by atoms with Gasteiger partial charge in [0, 0.05) is 31.2 Å². The highest BCUT2D eigenvalue weighted by Crippen LogP contribution is 2.18. The van der Waals surface area contributed by atoms with Gasteiger partial charge >= 0.3 is 0 Å². The molecule has 2 aromatic rings. The van der Waals surface area contributed by atoms with Crippen LogP contribution in [0.2, 0.25) is 0 Å². The number of carbonyl (C=O) groups excluding carboxylic acids is 1. The second kappa shape index (κ2) is 14.6. The van der Waals surface area contributed by atoms with Crippen LogP contribution in [0.1, 0.15) is 55.3 Å². The van der Waals surface area contributed by atoms with E-state index in [0.717, 1.165) is 61.4 Å². The summed E-state index contributed by atoms with van der Waals surface area (Å²) in [6, 6.07) is 14.7. The fourth-order valence-corrected chi connectivity index (χ4v) is 3.89. The molecular formula is C23H35Cl2N3O. The van der Waals surface area contributed by atoms with Crippen LogP contribution in [0, 0.1) is 0 Å². The van der Waals surface area contributed by atoms with Crippen LogP contribution in [0.4, 0.5) is 0 Å². The lowest BCUT2D eigenvalue weighted by Crippen LogP contribution is -2.36. The van der Waals surface area contributed by atoms with Gasteiger partial charge in [0.05, 0.1) is 0 Å². The maximum atomic E-state index is 12.4.